The van der Waals surface area contributed by atoms with Crippen LogP contribution in [0, 0.1) is 6.92 Å². The minimum atomic E-state index is -3.93. The zero-order valence-corrected chi connectivity index (χ0v) is 22.2. The highest BCUT2D eigenvalue weighted by molar-refractivity contribution is 8.26. The van der Waals surface area contributed by atoms with Crippen LogP contribution < -0.4 is 4.90 Å². The van der Waals surface area contributed by atoms with Crippen LogP contribution in [0.4, 0.5) is 5.88 Å². The second-order valence-electron chi connectivity index (χ2n) is 8.78. The van der Waals surface area contributed by atoms with Gasteiger partial charge in [0.15, 0.2) is 0 Å². The first-order valence-corrected chi connectivity index (χ1v) is 14.4. The molecule has 0 radical (unpaired) electrons. The smallest absolute Gasteiger partial charge is 0.266 e. The maximum atomic E-state index is 13.6. The van der Waals surface area contributed by atoms with Crippen molar-refractivity contribution in [3.63, 3.8) is 0 Å². The lowest BCUT2D eigenvalue weighted by atomic mass is 10.1. The fraction of sp³-hybridized carbons (Fsp3) is 0.269. The number of sulfone groups is 1. The van der Waals surface area contributed by atoms with E-state index in [-0.39, 0.29) is 27.6 Å². The van der Waals surface area contributed by atoms with Crippen molar-refractivity contribution < 1.29 is 17.6 Å². The first-order chi connectivity index (χ1) is 17.3. The normalized spacial score (nSPS) is 17.9. The molecule has 0 atom stereocenters. The van der Waals surface area contributed by atoms with Crippen LogP contribution >= 0.6 is 24.0 Å². The molecule has 0 saturated carbocycles. The van der Waals surface area contributed by atoms with Gasteiger partial charge in [-0.2, -0.15) is 4.98 Å². The molecule has 3 heterocycles. The number of piperidine rings is 1. The van der Waals surface area contributed by atoms with Gasteiger partial charge in [0.25, 0.3) is 5.91 Å². The number of carbonyl (C=O) groups is 1. The van der Waals surface area contributed by atoms with Crippen molar-refractivity contribution in [3.05, 3.63) is 76.5 Å². The van der Waals surface area contributed by atoms with Crippen molar-refractivity contribution in [1.82, 2.24) is 9.88 Å². The van der Waals surface area contributed by atoms with E-state index in [1.165, 1.54) is 11.0 Å². The van der Waals surface area contributed by atoms with Gasteiger partial charge >= 0.3 is 0 Å². The van der Waals surface area contributed by atoms with E-state index in [9.17, 15) is 13.2 Å². The molecule has 1 amide bonds. The molecule has 2 saturated heterocycles. The average Bonchev–Trinajstić information content (AvgIpc) is 3.43. The summed E-state index contributed by atoms with van der Waals surface area (Å²) in [6.45, 7) is 3.63. The molecule has 1 aromatic heterocycles. The lowest BCUT2D eigenvalue weighted by Gasteiger charge is -2.26. The summed E-state index contributed by atoms with van der Waals surface area (Å²) >= 11 is 6.61. The topological polar surface area (TPSA) is 83.7 Å². The fourth-order valence-corrected chi connectivity index (χ4v) is 6.74. The molecule has 5 rings (SSSR count). The number of thiocarbonyl (C=S) groups is 1. The molecule has 0 spiro atoms. The number of carbonyl (C=O) groups excluding carboxylic acids is 1. The third kappa shape index (κ3) is 4.98. The number of hydrogen-bond donors (Lipinski definition) is 0. The van der Waals surface area contributed by atoms with E-state index in [2.05, 4.69) is 4.98 Å². The molecule has 36 heavy (non-hydrogen) atoms. The Bertz CT molecular complexity index is 1420. The van der Waals surface area contributed by atoms with Crippen LogP contribution in [0.2, 0.25) is 0 Å². The van der Waals surface area contributed by atoms with Gasteiger partial charge in [0.1, 0.15) is 4.32 Å². The molecule has 0 N–H and O–H groups in total. The van der Waals surface area contributed by atoms with Gasteiger partial charge in [0, 0.05) is 19.2 Å². The highest BCUT2D eigenvalue weighted by Gasteiger charge is 2.35. The maximum Gasteiger partial charge on any atom is 0.266 e. The van der Waals surface area contributed by atoms with Gasteiger partial charge < -0.3 is 9.32 Å². The van der Waals surface area contributed by atoms with E-state index in [1.807, 2.05) is 42.2 Å². The summed E-state index contributed by atoms with van der Waals surface area (Å²) in [5.41, 5.74) is 1.92. The third-order valence-corrected chi connectivity index (χ3v) is 9.18. The van der Waals surface area contributed by atoms with Crippen molar-refractivity contribution >= 4 is 56.0 Å². The van der Waals surface area contributed by atoms with E-state index in [1.54, 1.807) is 24.3 Å². The molecule has 186 valence electrons. The van der Waals surface area contributed by atoms with Crippen LogP contribution in [0.1, 0.15) is 36.3 Å². The molecule has 0 aliphatic carbocycles. The van der Waals surface area contributed by atoms with E-state index in [0.29, 0.717) is 28.9 Å². The molecule has 2 aliphatic rings. The Balaban J connectivity index is 1.50. The summed E-state index contributed by atoms with van der Waals surface area (Å²) in [5.74, 6) is 0.0391. The highest BCUT2D eigenvalue weighted by atomic mass is 32.2. The minimum Gasteiger partial charge on any atom is -0.420 e. The van der Waals surface area contributed by atoms with Gasteiger partial charge in [-0.15, -0.1) is 0 Å². The molecule has 10 heteroatoms. The summed E-state index contributed by atoms with van der Waals surface area (Å²) in [4.78, 5) is 21.5. The van der Waals surface area contributed by atoms with E-state index in [0.717, 1.165) is 42.2 Å². The van der Waals surface area contributed by atoms with Crippen LogP contribution in [0.5, 0.6) is 0 Å². The molecular formula is C26H25N3O4S3. The summed E-state index contributed by atoms with van der Waals surface area (Å²) < 4.78 is 33.6. The number of aromatic nitrogens is 1. The van der Waals surface area contributed by atoms with Crippen LogP contribution in [0.25, 0.3) is 6.08 Å². The highest BCUT2D eigenvalue weighted by Crippen LogP contribution is 2.37. The predicted molar refractivity (Wildman–Crippen MR) is 144 cm³/mol. The second kappa shape index (κ2) is 10.2. The summed E-state index contributed by atoms with van der Waals surface area (Å²) in [6.07, 6.45) is 4.46. The maximum absolute atomic E-state index is 13.6. The number of oxazole rings is 1. The predicted octanol–water partition coefficient (Wildman–Crippen LogP) is 5.21. The molecule has 2 aliphatic heterocycles. The molecule has 2 aromatic carbocycles. The molecule has 7 nitrogen and oxygen atoms in total. The van der Waals surface area contributed by atoms with E-state index < -0.39 is 9.84 Å². The van der Waals surface area contributed by atoms with Crippen molar-refractivity contribution in [3.8, 4) is 0 Å². The van der Waals surface area contributed by atoms with Crippen molar-refractivity contribution in [1.29, 1.82) is 0 Å². The van der Waals surface area contributed by atoms with Gasteiger partial charge in [-0.05, 0) is 43.9 Å². The Hall–Kier alpha value is -2.95. The van der Waals surface area contributed by atoms with Gasteiger partial charge in [-0.1, -0.05) is 72.0 Å². The number of rotatable bonds is 6. The van der Waals surface area contributed by atoms with E-state index >= 15 is 0 Å². The number of aryl methyl sites for hydroxylation is 1. The van der Waals surface area contributed by atoms with Gasteiger partial charge in [0.2, 0.25) is 26.6 Å². The van der Waals surface area contributed by atoms with Gasteiger partial charge in [0.05, 0.1) is 16.3 Å². The number of thioether (sulfide) groups is 1. The lowest BCUT2D eigenvalue weighted by Crippen LogP contribution is -2.30. The minimum absolute atomic E-state index is 0.0708. The SMILES string of the molecule is Cc1ccc(S(=O)(=O)c2nc(/C=C3\SC(=S)N(Cc4ccccc4)C3=O)oc2N2CCCCC2)cc1. The number of hydrogen-bond acceptors (Lipinski definition) is 8. The molecular weight excluding hydrogens is 515 g/mol. The third-order valence-electron chi connectivity index (χ3n) is 6.14. The molecule has 0 bridgehead atoms. The number of amides is 1. The molecule has 0 unspecified atom stereocenters. The fourth-order valence-electron chi connectivity index (χ4n) is 4.19. The Morgan fingerprint density at radius 3 is 2.44 bits per heavy atom. The molecule has 2 fully saturated rings. The monoisotopic (exact) mass is 539 g/mol. The summed E-state index contributed by atoms with van der Waals surface area (Å²) in [5, 5.41) is -0.126. The quantitative estimate of drug-likeness (QED) is 0.312. The largest absolute Gasteiger partial charge is 0.420 e. The second-order valence-corrected chi connectivity index (χ2v) is 12.3. The molecule has 3 aromatic rings. The average molecular weight is 540 g/mol. The number of benzene rings is 2. The lowest BCUT2D eigenvalue weighted by molar-refractivity contribution is -0.122. The summed E-state index contributed by atoms with van der Waals surface area (Å²) in [7, 11) is -3.93. The van der Waals surface area contributed by atoms with Crippen LogP contribution in [0.3, 0.4) is 0 Å². The van der Waals surface area contributed by atoms with Crippen LogP contribution in [-0.2, 0) is 21.2 Å². The first-order valence-electron chi connectivity index (χ1n) is 11.7. The van der Waals surface area contributed by atoms with Crippen molar-refractivity contribution in [2.24, 2.45) is 0 Å². The van der Waals surface area contributed by atoms with Crippen molar-refractivity contribution in [2.75, 3.05) is 18.0 Å². The van der Waals surface area contributed by atoms with E-state index in [4.69, 9.17) is 16.6 Å². The number of anilines is 1. The Labute approximate surface area is 220 Å². The van der Waals surface area contributed by atoms with Gasteiger partial charge in [-0.3, -0.25) is 9.69 Å². The van der Waals surface area contributed by atoms with Crippen LogP contribution in [0.15, 0.2) is 73.8 Å². The van der Waals surface area contributed by atoms with Crippen molar-refractivity contribution in [2.45, 2.75) is 42.7 Å². The zero-order chi connectivity index (χ0) is 25.3. The van der Waals surface area contributed by atoms with Crippen LogP contribution in [-0.4, -0.2) is 41.6 Å². The Kier molecular flexibility index (Phi) is 7.00. The number of nitrogens with zero attached hydrogens (tertiary/aromatic N) is 3. The summed E-state index contributed by atoms with van der Waals surface area (Å²) in [6, 6.07) is 16.3. The standard InChI is InChI=1S/C26H25N3O4S3/c1-18-10-12-20(13-11-18)36(31,32)23-25(28-14-6-3-7-15-28)33-22(27-23)16-21-24(30)29(26(34)35-21)17-19-8-4-2-5-9-19/h2,4-5,8-13,16H,3,6-7,14-15,17H2,1H3/b21-16-. The Morgan fingerprint density at radius 1 is 1.06 bits per heavy atom. The first kappa shape index (κ1) is 24.7. The zero-order valence-electron chi connectivity index (χ0n) is 19.7. The Morgan fingerprint density at radius 2 is 1.75 bits per heavy atom. The van der Waals surface area contributed by atoms with Gasteiger partial charge in [-0.25, -0.2) is 8.42 Å².